The van der Waals surface area contributed by atoms with Crippen molar-refractivity contribution < 1.29 is 4.43 Å². The highest BCUT2D eigenvalue weighted by Crippen LogP contribution is 2.45. The van der Waals surface area contributed by atoms with E-state index in [-0.39, 0.29) is 11.6 Å². The predicted octanol–water partition coefficient (Wildman–Crippen LogP) is 3.49. The van der Waals surface area contributed by atoms with E-state index in [2.05, 4.69) is 56.1 Å². The van der Waals surface area contributed by atoms with Gasteiger partial charge in [-0.05, 0) is 22.3 Å². The maximum absolute atomic E-state index is 12.5. The van der Waals surface area contributed by atoms with Crippen molar-refractivity contribution in [2.45, 2.75) is 42.9 Å². The van der Waals surface area contributed by atoms with E-state index >= 15 is 0 Å². The zero-order chi connectivity index (χ0) is 25.3. The summed E-state index contributed by atoms with van der Waals surface area (Å²) < 4.78 is 7.49. The Hall–Kier alpha value is -3.12. The van der Waals surface area contributed by atoms with Crippen molar-refractivity contribution in [3.05, 3.63) is 105 Å². The summed E-state index contributed by atoms with van der Waals surface area (Å²) in [6.45, 7) is 8.41. The number of nitriles is 1. The molecule has 1 aromatic heterocycles. The minimum Gasteiger partial charge on any atom is -0.405 e. The lowest BCUT2D eigenvalue weighted by Crippen LogP contribution is -2.67. The summed E-state index contributed by atoms with van der Waals surface area (Å²) >= 11 is 1.35. The van der Waals surface area contributed by atoms with Crippen molar-refractivity contribution in [1.29, 1.82) is 5.26 Å². The molecular weight excluding hydrogens is 474 g/mol. The molecule has 0 fully saturated rings. The molecule has 1 N–H and O–H groups in total. The molecule has 1 aliphatic rings. The van der Waals surface area contributed by atoms with Gasteiger partial charge in [0.15, 0.2) is 0 Å². The highest BCUT2D eigenvalue weighted by molar-refractivity contribution is 8.01. The smallest absolute Gasteiger partial charge is 0.329 e. The molecule has 180 valence electrons. The second kappa shape index (κ2) is 9.50. The Bertz CT molecular complexity index is 1350. The SMILES string of the molecule is Cc1cn([C@H]2C=C[C@@](C#N)(CO[Si](c3ccccc3)(c3ccccc3)C(C)(C)C)S2)c(=O)[nH]c1=O. The number of hydrogen-bond acceptors (Lipinski definition) is 5. The van der Waals surface area contributed by atoms with Crippen LogP contribution in [0.25, 0.3) is 0 Å². The summed E-state index contributed by atoms with van der Waals surface area (Å²) in [5.41, 5.74) is -0.458. The number of benzene rings is 2. The largest absolute Gasteiger partial charge is 0.405 e. The summed E-state index contributed by atoms with van der Waals surface area (Å²) in [5, 5.41) is 11.9. The molecule has 0 saturated carbocycles. The van der Waals surface area contributed by atoms with Gasteiger partial charge in [-0.25, -0.2) is 4.79 Å². The molecule has 35 heavy (non-hydrogen) atoms. The fourth-order valence-corrected chi connectivity index (χ4v) is 10.5. The van der Waals surface area contributed by atoms with Crippen molar-refractivity contribution in [3.8, 4) is 6.07 Å². The fraction of sp³-hybridized carbons (Fsp3) is 0.296. The lowest BCUT2D eigenvalue weighted by molar-refractivity contribution is 0.292. The molecule has 6 nitrogen and oxygen atoms in total. The Morgan fingerprint density at radius 1 is 1.09 bits per heavy atom. The van der Waals surface area contributed by atoms with E-state index in [1.54, 1.807) is 13.1 Å². The lowest BCUT2D eigenvalue weighted by atomic mass is 10.1. The third-order valence-electron chi connectivity index (χ3n) is 6.39. The van der Waals surface area contributed by atoms with E-state index in [9.17, 15) is 14.9 Å². The summed E-state index contributed by atoms with van der Waals surface area (Å²) in [6, 6.07) is 23.0. The highest BCUT2D eigenvalue weighted by Gasteiger charge is 2.52. The Morgan fingerprint density at radius 2 is 1.66 bits per heavy atom. The molecule has 2 atom stereocenters. The van der Waals surface area contributed by atoms with Crippen LogP contribution in [0, 0.1) is 18.3 Å². The highest BCUT2D eigenvalue weighted by atomic mass is 32.2. The van der Waals surface area contributed by atoms with Crippen LogP contribution in [0.3, 0.4) is 0 Å². The summed E-state index contributed by atoms with van der Waals surface area (Å²) in [5.74, 6) is 0. The van der Waals surface area contributed by atoms with Crippen LogP contribution in [0.2, 0.25) is 5.04 Å². The zero-order valence-electron chi connectivity index (χ0n) is 20.3. The minimum absolute atomic E-state index is 0.172. The summed E-state index contributed by atoms with van der Waals surface area (Å²) in [6.07, 6.45) is 5.20. The van der Waals surface area contributed by atoms with Crippen LogP contribution in [0.4, 0.5) is 0 Å². The van der Waals surface area contributed by atoms with Crippen molar-refractivity contribution in [2.75, 3.05) is 6.61 Å². The molecule has 0 radical (unpaired) electrons. The predicted molar refractivity (Wildman–Crippen MR) is 144 cm³/mol. The molecule has 0 unspecified atom stereocenters. The van der Waals surface area contributed by atoms with Gasteiger partial charge in [0, 0.05) is 11.8 Å². The summed E-state index contributed by atoms with van der Waals surface area (Å²) in [7, 11) is -2.82. The number of nitrogens with one attached hydrogen (secondary N) is 1. The average molecular weight is 504 g/mol. The van der Waals surface area contributed by atoms with E-state index in [0.717, 1.165) is 10.4 Å². The average Bonchev–Trinajstić information content (AvgIpc) is 3.27. The van der Waals surface area contributed by atoms with Gasteiger partial charge in [0.1, 0.15) is 10.1 Å². The van der Waals surface area contributed by atoms with Crippen LogP contribution >= 0.6 is 11.8 Å². The van der Waals surface area contributed by atoms with Crippen LogP contribution in [0.1, 0.15) is 31.7 Å². The van der Waals surface area contributed by atoms with E-state index in [0.29, 0.717) is 5.56 Å². The van der Waals surface area contributed by atoms with Gasteiger partial charge in [0.05, 0.1) is 12.7 Å². The van der Waals surface area contributed by atoms with Gasteiger partial charge in [-0.2, -0.15) is 5.26 Å². The number of nitrogens with zero attached hydrogens (tertiary/aromatic N) is 2. The fourth-order valence-electron chi connectivity index (χ4n) is 4.61. The van der Waals surface area contributed by atoms with Crippen LogP contribution < -0.4 is 21.6 Å². The van der Waals surface area contributed by atoms with Crippen molar-refractivity contribution >= 4 is 30.5 Å². The molecule has 8 heteroatoms. The number of hydrogen-bond donors (Lipinski definition) is 1. The second-order valence-corrected chi connectivity index (χ2v) is 15.6. The third kappa shape index (κ3) is 4.59. The molecule has 4 rings (SSSR count). The third-order valence-corrected chi connectivity index (χ3v) is 12.8. The van der Waals surface area contributed by atoms with Gasteiger partial charge in [-0.15, -0.1) is 11.8 Å². The van der Waals surface area contributed by atoms with E-state index in [1.807, 2.05) is 48.6 Å². The molecule has 1 aliphatic heterocycles. The Labute approximate surface area is 210 Å². The van der Waals surface area contributed by atoms with E-state index in [4.69, 9.17) is 4.43 Å². The maximum Gasteiger partial charge on any atom is 0.329 e. The van der Waals surface area contributed by atoms with Gasteiger partial charge in [-0.3, -0.25) is 14.3 Å². The maximum atomic E-state index is 12.5. The van der Waals surface area contributed by atoms with Gasteiger partial charge < -0.3 is 4.43 Å². The molecule has 0 amide bonds. The zero-order valence-corrected chi connectivity index (χ0v) is 22.1. The molecule has 2 heterocycles. The van der Waals surface area contributed by atoms with E-state index in [1.165, 1.54) is 16.3 Å². The molecule has 0 spiro atoms. The number of aromatic nitrogens is 2. The Kier molecular flexibility index (Phi) is 6.78. The summed E-state index contributed by atoms with van der Waals surface area (Å²) in [4.78, 5) is 26.6. The van der Waals surface area contributed by atoms with Gasteiger partial charge in [0.2, 0.25) is 0 Å². The molecule has 0 bridgehead atoms. The number of thioether (sulfide) groups is 1. The van der Waals surface area contributed by atoms with Crippen molar-refractivity contribution in [1.82, 2.24) is 9.55 Å². The molecule has 2 aromatic carbocycles. The van der Waals surface area contributed by atoms with Gasteiger partial charge >= 0.3 is 5.69 Å². The molecule has 3 aromatic rings. The van der Waals surface area contributed by atoms with E-state index < -0.39 is 29.7 Å². The first kappa shape index (κ1) is 25.0. The number of aromatic amines is 1. The van der Waals surface area contributed by atoms with Crippen LogP contribution in [-0.2, 0) is 4.43 Å². The molecule has 0 aliphatic carbocycles. The first-order chi connectivity index (χ1) is 16.6. The van der Waals surface area contributed by atoms with Crippen LogP contribution in [-0.4, -0.2) is 29.2 Å². The monoisotopic (exact) mass is 503 g/mol. The topological polar surface area (TPSA) is 87.9 Å². The first-order valence-electron chi connectivity index (χ1n) is 11.5. The standard InChI is InChI=1S/C27H29N3O3SSi/c1-20-17-30(25(32)29-24(20)31)23-15-16-27(18-28,34-23)19-33-35(26(2,3)4,21-11-7-5-8-12-21)22-13-9-6-10-14-22/h5-17,23H,19H2,1-4H3,(H,29,31,32)/t23-,27-/m1/s1. The molecule has 0 saturated heterocycles. The second-order valence-electron chi connectivity index (χ2n) is 9.80. The number of rotatable bonds is 6. The first-order valence-corrected chi connectivity index (χ1v) is 14.3. The Balaban J connectivity index is 1.72. The number of aryl methyl sites for hydroxylation is 1. The number of H-pyrrole nitrogens is 1. The molecular formula is C27H29N3O3SSi. The van der Waals surface area contributed by atoms with Crippen LogP contribution in [0.5, 0.6) is 0 Å². The van der Waals surface area contributed by atoms with Crippen LogP contribution in [0.15, 0.2) is 88.6 Å². The van der Waals surface area contributed by atoms with Crippen molar-refractivity contribution in [3.63, 3.8) is 0 Å². The lowest BCUT2D eigenvalue weighted by Gasteiger charge is -2.44. The normalized spacial score (nSPS) is 20.0. The Morgan fingerprint density at radius 3 is 2.17 bits per heavy atom. The van der Waals surface area contributed by atoms with Crippen molar-refractivity contribution in [2.24, 2.45) is 0 Å². The minimum atomic E-state index is -2.82. The van der Waals surface area contributed by atoms with Gasteiger partial charge in [-0.1, -0.05) is 93.6 Å². The van der Waals surface area contributed by atoms with Gasteiger partial charge in [0.25, 0.3) is 13.9 Å². The quantitative estimate of drug-likeness (QED) is 0.411.